The number of hydrogen-bond donors (Lipinski definition) is 1. The number of hydrogen-bond acceptors (Lipinski definition) is 3. The minimum Gasteiger partial charge on any atom is -0.490 e. The molecule has 0 saturated carbocycles. The van der Waals surface area contributed by atoms with Gasteiger partial charge in [-0.1, -0.05) is 0 Å². The van der Waals surface area contributed by atoms with E-state index in [1.165, 1.54) is 6.42 Å². The van der Waals surface area contributed by atoms with E-state index < -0.39 is 0 Å². The molecule has 1 aromatic rings. The van der Waals surface area contributed by atoms with E-state index in [1.54, 1.807) is 12.4 Å². The van der Waals surface area contributed by atoms with E-state index in [0.29, 0.717) is 6.04 Å². The normalized spacial score (nSPS) is 19.8. The largest absolute Gasteiger partial charge is 0.490 e. The van der Waals surface area contributed by atoms with Crippen molar-refractivity contribution in [3.05, 3.63) is 24.5 Å². The zero-order chi connectivity index (χ0) is 8.23. The highest BCUT2D eigenvalue weighted by molar-refractivity contribution is 5.85. The van der Waals surface area contributed by atoms with Gasteiger partial charge < -0.3 is 10.1 Å². The van der Waals surface area contributed by atoms with Gasteiger partial charge in [0.1, 0.15) is 12.4 Å². The van der Waals surface area contributed by atoms with E-state index in [1.807, 2.05) is 12.1 Å². The van der Waals surface area contributed by atoms with Gasteiger partial charge in [-0.15, -0.1) is 12.4 Å². The molecule has 2 heterocycles. The fraction of sp³-hybridized carbons (Fsp3) is 0.444. The van der Waals surface area contributed by atoms with E-state index in [4.69, 9.17) is 4.74 Å². The number of rotatable bonds is 3. The standard InChI is InChI=1S/C9H12N2O.ClH/c1-2-9(6-10-4-1)12-7-8-3-5-11-8;/h1-2,4,6,8,11H,3,5,7H2;1H/t8-;/m0./s1. The summed E-state index contributed by atoms with van der Waals surface area (Å²) in [6.45, 7) is 1.88. The summed E-state index contributed by atoms with van der Waals surface area (Å²) in [5.41, 5.74) is 0. The van der Waals surface area contributed by atoms with Gasteiger partial charge in [-0.2, -0.15) is 0 Å². The molecular formula is C9H13ClN2O. The van der Waals surface area contributed by atoms with Crippen LogP contribution in [0.4, 0.5) is 0 Å². The van der Waals surface area contributed by atoms with Gasteiger partial charge in [-0.25, -0.2) is 0 Å². The number of nitrogens with one attached hydrogen (secondary N) is 1. The van der Waals surface area contributed by atoms with Gasteiger partial charge in [0.05, 0.1) is 6.20 Å². The number of aromatic nitrogens is 1. The molecule has 1 N–H and O–H groups in total. The lowest BCUT2D eigenvalue weighted by molar-refractivity contribution is 0.217. The SMILES string of the molecule is Cl.c1cncc(OC[C@@H]2CCN2)c1. The summed E-state index contributed by atoms with van der Waals surface area (Å²) in [4.78, 5) is 3.96. The van der Waals surface area contributed by atoms with Crippen molar-refractivity contribution >= 4 is 12.4 Å². The van der Waals surface area contributed by atoms with Gasteiger partial charge in [0.15, 0.2) is 0 Å². The molecule has 13 heavy (non-hydrogen) atoms. The number of nitrogens with zero attached hydrogens (tertiary/aromatic N) is 1. The van der Waals surface area contributed by atoms with Crippen LogP contribution < -0.4 is 10.1 Å². The van der Waals surface area contributed by atoms with Gasteiger partial charge >= 0.3 is 0 Å². The van der Waals surface area contributed by atoms with Gasteiger partial charge in [-0.05, 0) is 25.1 Å². The van der Waals surface area contributed by atoms with E-state index >= 15 is 0 Å². The summed E-state index contributed by atoms with van der Waals surface area (Å²) in [7, 11) is 0. The van der Waals surface area contributed by atoms with Crippen molar-refractivity contribution in [1.29, 1.82) is 0 Å². The van der Waals surface area contributed by atoms with Crippen molar-refractivity contribution < 1.29 is 4.74 Å². The van der Waals surface area contributed by atoms with Crippen molar-refractivity contribution in [3.8, 4) is 5.75 Å². The first-order valence-electron chi connectivity index (χ1n) is 4.21. The van der Waals surface area contributed by atoms with Crippen LogP contribution in [0, 0.1) is 0 Å². The van der Waals surface area contributed by atoms with E-state index in [-0.39, 0.29) is 12.4 Å². The van der Waals surface area contributed by atoms with Crippen LogP contribution in [0.15, 0.2) is 24.5 Å². The van der Waals surface area contributed by atoms with Gasteiger partial charge in [0.2, 0.25) is 0 Å². The maximum Gasteiger partial charge on any atom is 0.137 e. The summed E-state index contributed by atoms with van der Waals surface area (Å²) in [6.07, 6.45) is 4.70. The molecule has 0 bridgehead atoms. The van der Waals surface area contributed by atoms with Crippen LogP contribution in [0.25, 0.3) is 0 Å². The van der Waals surface area contributed by atoms with Gasteiger partial charge in [0.25, 0.3) is 0 Å². The van der Waals surface area contributed by atoms with Crippen molar-refractivity contribution in [3.63, 3.8) is 0 Å². The van der Waals surface area contributed by atoms with Crippen molar-refractivity contribution in [2.24, 2.45) is 0 Å². The smallest absolute Gasteiger partial charge is 0.137 e. The Labute approximate surface area is 83.9 Å². The molecule has 72 valence electrons. The first kappa shape index (κ1) is 10.3. The molecule has 1 aliphatic heterocycles. The molecule has 0 amide bonds. The molecule has 0 aromatic carbocycles. The molecule has 0 spiro atoms. The third-order valence-electron chi connectivity index (χ3n) is 2.01. The van der Waals surface area contributed by atoms with Crippen molar-refractivity contribution in [2.75, 3.05) is 13.2 Å². The number of ether oxygens (including phenoxy) is 1. The summed E-state index contributed by atoms with van der Waals surface area (Å²) in [5.74, 6) is 0.853. The van der Waals surface area contributed by atoms with E-state index in [0.717, 1.165) is 18.9 Å². The average Bonchev–Trinajstić information content (AvgIpc) is 2.04. The van der Waals surface area contributed by atoms with Gasteiger partial charge in [-0.3, -0.25) is 4.98 Å². The lowest BCUT2D eigenvalue weighted by atomic mass is 10.1. The zero-order valence-electron chi connectivity index (χ0n) is 7.27. The highest BCUT2D eigenvalue weighted by Crippen LogP contribution is 2.09. The summed E-state index contributed by atoms with van der Waals surface area (Å²) < 4.78 is 5.48. The Morgan fingerprint density at radius 1 is 1.62 bits per heavy atom. The molecule has 1 aliphatic rings. The maximum absolute atomic E-state index is 5.48. The molecule has 1 atom stereocenters. The van der Waals surface area contributed by atoms with Gasteiger partial charge in [0, 0.05) is 12.2 Å². The Balaban J connectivity index is 0.000000845. The Bertz CT molecular complexity index is 239. The maximum atomic E-state index is 5.48. The molecule has 2 rings (SSSR count). The Morgan fingerprint density at radius 2 is 2.46 bits per heavy atom. The average molecular weight is 201 g/mol. The van der Waals surface area contributed by atoms with Crippen LogP contribution in [0.3, 0.4) is 0 Å². The molecule has 0 aliphatic carbocycles. The third kappa shape index (κ3) is 2.86. The van der Waals surface area contributed by atoms with Crippen LogP contribution in [0.2, 0.25) is 0 Å². The second-order valence-electron chi connectivity index (χ2n) is 2.94. The monoisotopic (exact) mass is 200 g/mol. The fourth-order valence-electron chi connectivity index (χ4n) is 1.12. The van der Waals surface area contributed by atoms with E-state index in [2.05, 4.69) is 10.3 Å². The number of halogens is 1. The topological polar surface area (TPSA) is 34.1 Å². The van der Waals surface area contributed by atoms with Crippen LogP contribution in [0.1, 0.15) is 6.42 Å². The zero-order valence-corrected chi connectivity index (χ0v) is 8.09. The Kier molecular flexibility index (Phi) is 3.99. The van der Waals surface area contributed by atoms with Crippen LogP contribution in [-0.4, -0.2) is 24.2 Å². The molecule has 1 fully saturated rings. The molecule has 1 aromatic heterocycles. The molecule has 0 unspecified atom stereocenters. The Morgan fingerprint density at radius 3 is 3.00 bits per heavy atom. The van der Waals surface area contributed by atoms with Crippen LogP contribution >= 0.6 is 12.4 Å². The quantitative estimate of drug-likeness (QED) is 0.798. The summed E-state index contributed by atoms with van der Waals surface area (Å²) >= 11 is 0. The minimum atomic E-state index is 0. The third-order valence-corrected chi connectivity index (χ3v) is 2.01. The van der Waals surface area contributed by atoms with Crippen molar-refractivity contribution in [1.82, 2.24) is 10.3 Å². The van der Waals surface area contributed by atoms with Crippen LogP contribution in [0.5, 0.6) is 5.75 Å². The summed E-state index contributed by atoms with van der Waals surface area (Å²) in [6, 6.07) is 4.35. The second kappa shape index (κ2) is 5.04. The second-order valence-corrected chi connectivity index (χ2v) is 2.94. The Hall–Kier alpha value is -0.800. The molecule has 1 saturated heterocycles. The molecule has 4 heteroatoms. The van der Waals surface area contributed by atoms with Crippen LogP contribution in [-0.2, 0) is 0 Å². The number of pyridine rings is 1. The summed E-state index contributed by atoms with van der Waals surface area (Å²) in [5, 5.41) is 3.27. The van der Waals surface area contributed by atoms with Crippen molar-refractivity contribution in [2.45, 2.75) is 12.5 Å². The lowest BCUT2D eigenvalue weighted by Gasteiger charge is -2.27. The molecule has 3 nitrogen and oxygen atoms in total. The molecular weight excluding hydrogens is 188 g/mol. The minimum absolute atomic E-state index is 0. The fourth-order valence-corrected chi connectivity index (χ4v) is 1.12. The highest BCUT2D eigenvalue weighted by Gasteiger charge is 2.16. The predicted octanol–water partition coefficient (Wildman–Crippen LogP) is 1.24. The highest BCUT2D eigenvalue weighted by atomic mass is 35.5. The molecule has 0 radical (unpaired) electrons. The predicted molar refractivity (Wildman–Crippen MR) is 53.4 cm³/mol. The lowest BCUT2D eigenvalue weighted by Crippen LogP contribution is -2.46. The first-order valence-corrected chi connectivity index (χ1v) is 4.21. The van der Waals surface area contributed by atoms with E-state index in [9.17, 15) is 0 Å². The first-order chi connectivity index (χ1) is 5.95.